The molecule has 1 aliphatic carbocycles. The SMILES string of the molecule is CNc1nc(OC2CCC2)c2ccccc2n1. The summed E-state index contributed by atoms with van der Waals surface area (Å²) in [5.41, 5.74) is 0.918. The van der Waals surface area contributed by atoms with Crippen molar-refractivity contribution in [3.8, 4) is 5.88 Å². The number of nitrogens with one attached hydrogen (secondary N) is 1. The summed E-state index contributed by atoms with van der Waals surface area (Å²) < 4.78 is 5.91. The number of hydrogen-bond acceptors (Lipinski definition) is 4. The molecule has 1 N–H and O–H groups in total. The van der Waals surface area contributed by atoms with Crippen LogP contribution in [0.1, 0.15) is 19.3 Å². The van der Waals surface area contributed by atoms with Crippen LogP contribution in [0.15, 0.2) is 24.3 Å². The fraction of sp³-hybridized carbons (Fsp3) is 0.385. The van der Waals surface area contributed by atoms with Gasteiger partial charge in [-0.1, -0.05) is 12.1 Å². The van der Waals surface area contributed by atoms with Gasteiger partial charge < -0.3 is 10.1 Å². The van der Waals surface area contributed by atoms with E-state index in [4.69, 9.17) is 4.74 Å². The second-order valence-corrected chi connectivity index (χ2v) is 4.29. The van der Waals surface area contributed by atoms with Crippen LogP contribution in [0.3, 0.4) is 0 Å². The molecule has 1 aliphatic rings. The summed E-state index contributed by atoms with van der Waals surface area (Å²) >= 11 is 0. The molecule has 0 bridgehead atoms. The highest BCUT2D eigenvalue weighted by atomic mass is 16.5. The lowest BCUT2D eigenvalue weighted by atomic mass is 9.96. The maximum Gasteiger partial charge on any atom is 0.226 e. The van der Waals surface area contributed by atoms with Crippen molar-refractivity contribution < 1.29 is 4.74 Å². The summed E-state index contributed by atoms with van der Waals surface area (Å²) in [6.07, 6.45) is 3.85. The maximum absolute atomic E-state index is 5.91. The van der Waals surface area contributed by atoms with Crippen molar-refractivity contribution in [3.63, 3.8) is 0 Å². The molecule has 0 saturated heterocycles. The summed E-state index contributed by atoms with van der Waals surface area (Å²) in [6, 6.07) is 7.94. The molecule has 0 spiro atoms. The van der Waals surface area contributed by atoms with Crippen molar-refractivity contribution >= 4 is 16.9 Å². The summed E-state index contributed by atoms with van der Waals surface area (Å²) in [7, 11) is 1.82. The van der Waals surface area contributed by atoms with Gasteiger partial charge >= 0.3 is 0 Å². The highest BCUT2D eigenvalue weighted by molar-refractivity contribution is 5.84. The Hall–Kier alpha value is -1.84. The Bertz CT molecular complexity index is 537. The molecule has 0 amide bonds. The highest BCUT2D eigenvalue weighted by Crippen LogP contribution is 2.29. The van der Waals surface area contributed by atoms with Gasteiger partial charge in [0.05, 0.1) is 10.9 Å². The third-order valence-corrected chi connectivity index (χ3v) is 3.12. The summed E-state index contributed by atoms with van der Waals surface area (Å²) in [5.74, 6) is 1.31. The standard InChI is InChI=1S/C13H15N3O/c1-14-13-15-11-8-3-2-7-10(11)12(16-13)17-9-5-4-6-9/h2-3,7-9H,4-6H2,1H3,(H,14,15,16). The zero-order valence-corrected chi connectivity index (χ0v) is 9.81. The van der Waals surface area contributed by atoms with E-state index in [1.54, 1.807) is 0 Å². The van der Waals surface area contributed by atoms with Gasteiger partial charge in [-0.3, -0.25) is 0 Å². The lowest BCUT2D eigenvalue weighted by molar-refractivity contribution is 0.117. The van der Waals surface area contributed by atoms with Crippen LogP contribution >= 0.6 is 0 Å². The fourth-order valence-electron chi connectivity index (χ4n) is 1.90. The minimum atomic E-state index is 0.331. The van der Waals surface area contributed by atoms with Gasteiger partial charge in [-0.25, -0.2) is 4.98 Å². The van der Waals surface area contributed by atoms with Crippen LogP contribution < -0.4 is 10.1 Å². The topological polar surface area (TPSA) is 47.0 Å². The number of anilines is 1. The van der Waals surface area contributed by atoms with Crippen LogP contribution in [0.5, 0.6) is 5.88 Å². The number of fused-ring (bicyclic) bond motifs is 1. The molecule has 2 aromatic rings. The van der Waals surface area contributed by atoms with Crippen molar-refractivity contribution in [1.29, 1.82) is 0 Å². The van der Waals surface area contributed by atoms with E-state index in [9.17, 15) is 0 Å². The van der Waals surface area contributed by atoms with Crippen LogP contribution in [0.2, 0.25) is 0 Å². The normalized spacial score (nSPS) is 15.6. The van der Waals surface area contributed by atoms with Crippen LogP contribution in [0.4, 0.5) is 5.95 Å². The molecule has 0 unspecified atom stereocenters. The molecule has 4 nitrogen and oxygen atoms in total. The van der Waals surface area contributed by atoms with Gasteiger partial charge in [0.1, 0.15) is 6.10 Å². The fourth-order valence-corrected chi connectivity index (χ4v) is 1.90. The first kappa shape index (κ1) is 10.3. The lowest BCUT2D eigenvalue weighted by Crippen LogP contribution is -2.25. The molecule has 1 heterocycles. The van der Waals surface area contributed by atoms with Gasteiger partial charge in [0.15, 0.2) is 0 Å². The quantitative estimate of drug-likeness (QED) is 0.878. The molecule has 1 aromatic carbocycles. The predicted octanol–water partition coefficient (Wildman–Crippen LogP) is 2.60. The minimum absolute atomic E-state index is 0.331. The number of para-hydroxylation sites is 1. The number of benzene rings is 1. The largest absolute Gasteiger partial charge is 0.474 e. The number of ether oxygens (including phenoxy) is 1. The number of nitrogens with zero attached hydrogens (tertiary/aromatic N) is 2. The van der Waals surface area contributed by atoms with Crippen LogP contribution in [0.25, 0.3) is 10.9 Å². The third-order valence-electron chi connectivity index (χ3n) is 3.12. The Balaban J connectivity index is 2.05. The molecule has 0 aliphatic heterocycles. The van der Waals surface area contributed by atoms with E-state index < -0.39 is 0 Å². The number of aromatic nitrogens is 2. The third kappa shape index (κ3) is 1.90. The molecule has 1 aromatic heterocycles. The Morgan fingerprint density at radius 2 is 2.06 bits per heavy atom. The monoisotopic (exact) mass is 229 g/mol. The van der Waals surface area contributed by atoms with Gasteiger partial charge in [0.25, 0.3) is 0 Å². The first-order valence-corrected chi connectivity index (χ1v) is 5.98. The van der Waals surface area contributed by atoms with E-state index in [0.29, 0.717) is 17.9 Å². The van der Waals surface area contributed by atoms with Crippen molar-refractivity contribution in [2.75, 3.05) is 12.4 Å². The predicted molar refractivity (Wildman–Crippen MR) is 67.4 cm³/mol. The first-order valence-electron chi connectivity index (χ1n) is 5.98. The molecule has 17 heavy (non-hydrogen) atoms. The number of hydrogen-bond donors (Lipinski definition) is 1. The summed E-state index contributed by atoms with van der Waals surface area (Å²) in [6.45, 7) is 0. The minimum Gasteiger partial charge on any atom is -0.474 e. The van der Waals surface area contributed by atoms with Gasteiger partial charge in [-0.2, -0.15) is 4.98 Å². The maximum atomic E-state index is 5.91. The average Bonchev–Trinajstić information content (AvgIpc) is 2.33. The Morgan fingerprint density at radius 3 is 2.76 bits per heavy atom. The lowest BCUT2D eigenvalue weighted by Gasteiger charge is -2.26. The van der Waals surface area contributed by atoms with E-state index in [2.05, 4.69) is 15.3 Å². The van der Waals surface area contributed by atoms with Crippen molar-refractivity contribution in [3.05, 3.63) is 24.3 Å². The van der Waals surface area contributed by atoms with Gasteiger partial charge in [0, 0.05) is 7.05 Å². The zero-order chi connectivity index (χ0) is 11.7. The smallest absolute Gasteiger partial charge is 0.226 e. The molecule has 0 radical (unpaired) electrons. The Kier molecular flexibility index (Phi) is 2.55. The Morgan fingerprint density at radius 1 is 1.24 bits per heavy atom. The van der Waals surface area contributed by atoms with Crippen LogP contribution in [0, 0.1) is 0 Å². The summed E-state index contributed by atoms with van der Waals surface area (Å²) in [5, 5.41) is 3.95. The summed E-state index contributed by atoms with van der Waals surface area (Å²) in [4.78, 5) is 8.80. The number of rotatable bonds is 3. The highest BCUT2D eigenvalue weighted by Gasteiger charge is 2.21. The van der Waals surface area contributed by atoms with E-state index >= 15 is 0 Å². The van der Waals surface area contributed by atoms with E-state index in [-0.39, 0.29) is 0 Å². The molecule has 4 heteroatoms. The van der Waals surface area contributed by atoms with Crippen molar-refractivity contribution in [2.45, 2.75) is 25.4 Å². The van der Waals surface area contributed by atoms with Crippen LogP contribution in [-0.2, 0) is 0 Å². The molecule has 1 fully saturated rings. The second kappa shape index (κ2) is 4.20. The van der Waals surface area contributed by atoms with Gasteiger partial charge in [-0.15, -0.1) is 0 Å². The van der Waals surface area contributed by atoms with E-state index in [1.807, 2.05) is 31.3 Å². The molecule has 0 atom stereocenters. The molecular weight excluding hydrogens is 214 g/mol. The average molecular weight is 229 g/mol. The van der Waals surface area contributed by atoms with Gasteiger partial charge in [0.2, 0.25) is 11.8 Å². The van der Waals surface area contributed by atoms with E-state index in [0.717, 1.165) is 23.7 Å². The first-order chi connectivity index (χ1) is 8.36. The van der Waals surface area contributed by atoms with Gasteiger partial charge in [-0.05, 0) is 31.4 Å². The van der Waals surface area contributed by atoms with Crippen molar-refractivity contribution in [2.24, 2.45) is 0 Å². The molecular formula is C13H15N3O. The molecule has 88 valence electrons. The second-order valence-electron chi connectivity index (χ2n) is 4.29. The van der Waals surface area contributed by atoms with Crippen molar-refractivity contribution in [1.82, 2.24) is 9.97 Å². The Labute approximate surface area is 100 Å². The molecule has 3 rings (SSSR count). The van der Waals surface area contributed by atoms with E-state index in [1.165, 1.54) is 6.42 Å². The van der Waals surface area contributed by atoms with Crippen LogP contribution in [-0.4, -0.2) is 23.1 Å². The molecule has 1 saturated carbocycles. The zero-order valence-electron chi connectivity index (χ0n) is 9.81.